The Morgan fingerprint density at radius 3 is 2.12 bits per heavy atom. The van der Waals surface area contributed by atoms with Crippen molar-refractivity contribution >= 4 is 27.8 Å². The van der Waals surface area contributed by atoms with Crippen LogP contribution in [0.15, 0.2) is 24.3 Å². The molecule has 0 aromatic heterocycles. The monoisotopic (exact) mass is 386 g/mol. The van der Waals surface area contributed by atoms with Crippen LogP contribution in [-0.2, 0) is 19.6 Å². The van der Waals surface area contributed by atoms with Crippen molar-refractivity contribution in [2.45, 2.75) is 51.7 Å². The molecule has 8 nitrogen and oxygen atoms in total. The van der Waals surface area contributed by atoms with Crippen LogP contribution in [0.25, 0.3) is 0 Å². The summed E-state index contributed by atoms with van der Waals surface area (Å²) in [5.41, 5.74) is 0.293. The molecule has 146 valence electrons. The molecule has 2 unspecified atom stereocenters. The molecule has 3 N–H and O–H groups in total. The second-order valence-electron chi connectivity index (χ2n) is 6.97. The number of hydrogen-bond acceptors (Lipinski definition) is 5. The average molecular weight is 386 g/mol. The number of amides is 1. The first-order valence-corrected chi connectivity index (χ1v) is 10.0. The SMILES string of the molecule is CCC(c1ccc(NS(C)(=O)=O)cc1)C(NC(=O)OC(C)(C)C)C(=O)O. The summed E-state index contributed by atoms with van der Waals surface area (Å²) < 4.78 is 30.0. The van der Waals surface area contributed by atoms with Gasteiger partial charge < -0.3 is 15.2 Å². The molecular formula is C17H26N2O6S. The van der Waals surface area contributed by atoms with E-state index in [0.29, 0.717) is 17.7 Å². The number of carbonyl (C=O) groups excluding carboxylic acids is 1. The van der Waals surface area contributed by atoms with Gasteiger partial charge in [0, 0.05) is 11.6 Å². The quantitative estimate of drug-likeness (QED) is 0.662. The lowest BCUT2D eigenvalue weighted by atomic mass is 9.89. The molecule has 9 heteroatoms. The smallest absolute Gasteiger partial charge is 0.408 e. The number of carboxylic acids is 1. The van der Waals surface area contributed by atoms with Gasteiger partial charge in [0.25, 0.3) is 0 Å². The van der Waals surface area contributed by atoms with Crippen molar-refractivity contribution in [1.82, 2.24) is 5.32 Å². The minimum absolute atomic E-state index is 0.373. The first-order valence-electron chi connectivity index (χ1n) is 8.12. The van der Waals surface area contributed by atoms with Crippen molar-refractivity contribution < 1.29 is 27.9 Å². The number of sulfonamides is 1. The second kappa shape index (κ2) is 8.39. The van der Waals surface area contributed by atoms with Crippen molar-refractivity contribution in [2.75, 3.05) is 11.0 Å². The fourth-order valence-electron chi connectivity index (χ4n) is 2.45. The number of aliphatic carboxylic acids is 1. The van der Waals surface area contributed by atoms with Gasteiger partial charge in [0.15, 0.2) is 0 Å². The summed E-state index contributed by atoms with van der Waals surface area (Å²) in [5, 5.41) is 11.9. The number of alkyl carbamates (subject to hydrolysis) is 1. The molecule has 0 saturated heterocycles. The predicted molar refractivity (Wildman–Crippen MR) is 98.7 cm³/mol. The van der Waals surface area contributed by atoms with E-state index in [1.807, 2.05) is 0 Å². The summed E-state index contributed by atoms with van der Waals surface area (Å²) in [6, 6.07) is 5.18. The highest BCUT2D eigenvalue weighted by atomic mass is 32.2. The Hall–Kier alpha value is -2.29. The Morgan fingerprint density at radius 2 is 1.73 bits per heavy atom. The van der Waals surface area contributed by atoms with Crippen LogP contribution in [0.1, 0.15) is 45.6 Å². The molecule has 0 fully saturated rings. The Labute approximate surface area is 154 Å². The van der Waals surface area contributed by atoms with Gasteiger partial charge in [-0.05, 0) is 44.9 Å². The summed E-state index contributed by atoms with van der Waals surface area (Å²) in [7, 11) is -3.40. The maximum atomic E-state index is 12.0. The van der Waals surface area contributed by atoms with Crippen molar-refractivity contribution in [2.24, 2.45) is 0 Å². The van der Waals surface area contributed by atoms with Crippen LogP contribution in [0.4, 0.5) is 10.5 Å². The number of carboxylic acid groups (broad SMARTS) is 1. The highest BCUT2D eigenvalue weighted by molar-refractivity contribution is 7.92. The van der Waals surface area contributed by atoms with Gasteiger partial charge in [-0.25, -0.2) is 18.0 Å². The molecule has 0 spiro atoms. The van der Waals surface area contributed by atoms with Crippen molar-refractivity contribution in [3.8, 4) is 0 Å². The molecule has 26 heavy (non-hydrogen) atoms. The van der Waals surface area contributed by atoms with E-state index in [0.717, 1.165) is 6.26 Å². The van der Waals surface area contributed by atoms with Crippen LogP contribution in [0.3, 0.4) is 0 Å². The highest BCUT2D eigenvalue weighted by Gasteiger charge is 2.31. The molecule has 0 bridgehead atoms. The maximum Gasteiger partial charge on any atom is 0.408 e. The number of nitrogens with one attached hydrogen (secondary N) is 2. The van der Waals surface area contributed by atoms with E-state index in [1.165, 1.54) is 0 Å². The highest BCUT2D eigenvalue weighted by Crippen LogP contribution is 2.26. The Balaban J connectivity index is 3.01. The van der Waals surface area contributed by atoms with Crippen molar-refractivity contribution in [3.05, 3.63) is 29.8 Å². The number of carbonyl (C=O) groups is 2. The lowest BCUT2D eigenvalue weighted by Crippen LogP contribution is -2.46. The zero-order valence-corrected chi connectivity index (χ0v) is 16.4. The zero-order valence-electron chi connectivity index (χ0n) is 15.6. The summed E-state index contributed by atoms with van der Waals surface area (Å²) in [4.78, 5) is 23.6. The van der Waals surface area contributed by atoms with E-state index >= 15 is 0 Å². The van der Waals surface area contributed by atoms with E-state index < -0.39 is 39.6 Å². The summed E-state index contributed by atoms with van der Waals surface area (Å²) >= 11 is 0. The van der Waals surface area contributed by atoms with Crippen LogP contribution < -0.4 is 10.0 Å². The number of rotatable bonds is 7. The minimum Gasteiger partial charge on any atom is -0.480 e. The molecule has 0 radical (unpaired) electrons. The summed E-state index contributed by atoms with van der Waals surface area (Å²) in [5.74, 6) is -1.69. The maximum absolute atomic E-state index is 12.0. The van der Waals surface area contributed by atoms with Gasteiger partial charge in [0.2, 0.25) is 10.0 Å². The van der Waals surface area contributed by atoms with Crippen LogP contribution in [0, 0.1) is 0 Å². The topological polar surface area (TPSA) is 122 Å². The summed E-state index contributed by atoms with van der Waals surface area (Å²) in [6.07, 6.45) is 0.686. The normalized spacial score (nSPS) is 14.2. The van der Waals surface area contributed by atoms with Crippen molar-refractivity contribution in [3.63, 3.8) is 0 Å². The summed E-state index contributed by atoms with van der Waals surface area (Å²) in [6.45, 7) is 6.87. The van der Waals surface area contributed by atoms with Gasteiger partial charge in [-0.1, -0.05) is 19.1 Å². The van der Waals surface area contributed by atoms with Gasteiger partial charge in [-0.15, -0.1) is 0 Å². The third-order valence-electron chi connectivity index (χ3n) is 3.42. The van der Waals surface area contributed by atoms with Gasteiger partial charge in [0.05, 0.1) is 6.26 Å². The first-order chi connectivity index (χ1) is 11.8. The molecule has 1 rings (SSSR count). The Bertz CT molecular complexity index is 738. The number of anilines is 1. The minimum atomic E-state index is -3.40. The van der Waals surface area contributed by atoms with Crippen molar-refractivity contribution in [1.29, 1.82) is 0 Å². The van der Waals surface area contributed by atoms with Crippen LogP contribution >= 0.6 is 0 Å². The van der Waals surface area contributed by atoms with E-state index in [1.54, 1.807) is 52.0 Å². The van der Waals surface area contributed by atoms with Gasteiger partial charge in [-0.2, -0.15) is 0 Å². The molecular weight excluding hydrogens is 360 g/mol. The first kappa shape index (κ1) is 21.8. The molecule has 1 aromatic rings. The molecule has 2 atom stereocenters. The zero-order chi connectivity index (χ0) is 20.1. The Morgan fingerprint density at radius 1 is 1.19 bits per heavy atom. The lowest BCUT2D eigenvalue weighted by Gasteiger charge is -2.26. The average Bonchev–Trinajstić information content (AvgIpc) is 2.45. The lowest BCUT2D eigenvalue weighted by molar-refractivity contribution is -0.140. The van der Waals surface area contributed by atoms with E-state index in [9.17, 15) is 23.1 Å². The molecule has 1 amide bonds. The molecule has 0 aliphatic rings. The largest absolute Gasteiger partial charge is 0.480 e. The molecule has 0 saturated carbocycles. The van der Waals surface area contributed by atoms with Gasteiger partial charge in [0.1, 0.15) is 11.6 Å². The second-order valence-corrected chi connectivity index (χ2v) is 8.72. The van der Waals surface area contributed by atoms with Gasteiger partial charge in [-0.3, -0.25) is 4.72 Å². The van der Waals surface area contributed by atoms with Crippen LogP contribution in [0.5, 0.6) is 0 Å². The molecule has 0 aliphatic carbocycles. The Kier molecular flexibility index (Phi) is 7.02. The predicted octanol–water partition coefficient (Wildman–Crippen LogP) is 2.53. The van der Waals surface area contributed by atoms with E-state index in [2.05, 4.69) is 10.0 Å². The van der Waals surface area contributed by atoms with E-state index in [4.69, 9.17) is 4.74 Å². The van der Waals surface area contributed by atoms with Crippen LogP contribution in [-0.4, -0.2) is 43.5 Å². The third-order valence-corrected chi connectivity index (χ3v) is 4.03. The molecule has 1 aromatic carbocycles. The molecule has 0 aliphatic heterocycles. The number of benzene rings is 1. The van der Waals surface area contributed by atoms with Crippen LogP contribution in [0.2, 0.25) is 0 Å². The standard InChI is InChI=1S/C17H26N2O6S/c1-6-13(11-7-9-12(10-8-11)19-26(5,23)24)14(15(20)21)18-16(22)25-17(2,3)4/h7-10,13-14,19H,6H2,1-5H3,(H,18,22)(H,20,21). The number of hydrogen-bond donors (Lipinski definition) is 3. The fourth-order valence-corrected chi connectivity index (χ4v) is 3.01. The number of ether oxygens (including phenoxy) is 1. The van der Waals surface area contributed by atoms with E-state index in [-0.39, 0.29) is 0 Å². The fraction of sp³-hybridized carbons (Fsp3) is 0.529. The van der Waals surface area contributed by atoms with Gasteiger partial charge >= 0.3 is 12.1 Å². The third kappa shape index (κ3) is 7.30. The molecule has 0 heterocycles.